The first-order valence-electron chi connectivity index (χ1n) is 7.80. The lowest BCUT2D eigenvalue weighted by atomic mass is 10.00. The first-order valence-corrected chi connectivity index (χ1v) is 7.80. The molecule has 2 unspecified atom stereocenters. The van der Waals surface area contributed by atoms with Gasteiger partial charge in [0.25, 0.3) is 12.3 Å². The van der Waals surface area contributed by atoms with Gasteiger partial charge in [0.1, 0.15) is 12.0 Å². The quantitative estimate of drug-likeness (QED) is 0.854. The molecular weight excluding hydrogens is 316 g/mol. The van der Waals surface area contributed by atoms with Crippen LogP contribution in [0.3, 0.4) is 0 Å². The van der Waals surface area contributed by atoms with E-state index < -0.39 is 6.43 Å². The molecule has 2 fully saturated rings. The van der Waals surface area contributed by atoms with Gasteiger partial charge in [-0.3, -0.25) is 4.79 Å². The van der Waals surface area contributed by atoms with Crippen molar-refractivity contribution < 1.29 is 18.0 Å². The predicted octanol–water partition coefficient (Wildman–Crippen LogP) is 1.88. The lowest BCUT2D eigenvalue weighted by Gasteiger charge is -2.22. The molecule has 5 nitrogen and oxygen atoms in total. The third-order valence-corrected chi connectivity index (χ3v) is 4.66. The minimum absolute atomic E-state index is 0.145. The summed E-state index contributed by atoms with van der Waals surface area (Å²) in [4.78, 5) is 18.9. The zero-order chi connectivity index (χ0) is 16.7. The number of amides is 1. The number of furan rings is 1. The van der Waals surface area contributed by atoms with Gasteiger partial charge >= 0.3 is 0 Å². The molecule has 2 aliphatic heterocycles. The van der Waals surface area contributed by atoms with Crippen molar-refractivity contribution in [3.8, 4) is 11.8 Å². The number of halogens is 2. The Bertz CT molecular complexity index is 852. The van der Waals surface area contributed by atoms with Gasteiger partial charge < -0.3 is 14.6 Å². The van der Waals surface area contributed by atoms with E-state index in [1.54, 1.807) is 5.92 Å². The van der Waals surface area contributed by atoms with Crippen LogP contribution in [0.4, 0.5) is 8.78 Å². The minimum Gasteiger partial charge on any atom is -0.461 e. The Balaban J connectivity index is 1.56. The summed E-state index contributed by atoms with van der Waals surface area (Å²) in [6.45, 7) is 3.00. The van der Waals surface area contributed by atoms with E-state index in [1.807, 2.05) is 0 Å². The molecular formula is C17H15F2N3O2. The zero-order valence-electron chi connectivity index (χ0n) is 12.8. The number of hydrogen-bond acceptors (Lipinski definition) is 4. The van der Waals surface area contributed by atoms with Crippen molar-refractivity contribution in [2.75, 3.05) is 19.6 Å². The second-order valence-electron chi connectivity index (χ2n) is 6.17. The molecule has 2 bridgehead atoms. The Morgan fingerprint density at radius 3 is 3.04 bits per heavy atom. The number of aromatic nitrogens is 1. The monoisotopic (exact) mass is 331 g/mol. The summed E-state index contributed by atoms with van der Waals surface area (Å²) in [7, 11) is 0. The maximum absolute atomic E-state index is 12.4. The highest BCUT2D eigenvalue weighted by molar-refractivity contribution is 5.97. The van der Waals surface area contributed by atoms with Crippen LogP contribution in [0.5, 0.6) is 0 Å². The van der Waals surface area contributed by atoms with Gasteiger partial charge in [0.15, 0.2) is 5.58 Å². The number of rotatable bonds is 2. The fourth-order valence-electron chi connectivity index (χ4n) is 3.48. The Morgan fingerprint density at radius 2 is 2.33 bits per heavy atom. The molecule has 0 saturated carbocycles. The second-order valence-corrected chi connectivity index (χ2v) is 6.17. The molecule has 4 heterocycles. The Kier molecular flexibility index (Phi) is 3.69. The SMILES string of the molecule is O=C(NC1CN2CC[C@H]1C2)c1cc2c(C#CC(F)F)coc2cn1. The fraction of sp³-hybridized carbons (Fsp3) is 0.412. The molecule has 1 N–H and O–H groups in total. The molecule has 124 valence electrons. The van der Waals surface area contributed by atoms with E-state index in [-0.39, 0.29) is 17.6 Å². The number of alkyl halides is 2. The molecule has 2 saturated heterocycles. The molecule has 4 rings (SSSR count). The topological polar surface area (TPSA) is 58.4 Å². The van der Waals surface area contributed by atoms with Gasteiger partial charge in [-0.1, -0.05) is 5.92 Å². The largest absolute Gasteiger partial charge is 0.461 e. The molecule has 1 amide bonds. The molecule has 7 heteroatoms. The number of fused-ring (bicyclic) bond motifs is 3. The zero-order valence-corrected chi connectivity index (χ0v) is 12.8. The number of hydrogen-bond donors (Lipinski definition) is 1. The van der Waals surface area contributed by atoms with Gasteiger partial charge in [0.2, 0.25) is 0 Å². The molecule has 24 heavy (non-hydrogen) atoms. The normalized spacial score (nSPS) is 25.0. The highest BCUT2D eigenvalue weighted by Crippen LogP contribution is 2.28. The summed E-state index contributed by atoms with van der Waals surface area (Å²) in [5, 5.41) is 3.54. The van der Waals surface area contributed by atoms with Gasteiger partial charge in [-0.05, 0) is 30.9 Å². The Morgan fingerprint density at radius 1 is 1.46 bits per heavy atom. The lowest BCUT2D eigenvalue weighted by Crippen LogP contribution is -2.43. The van der Waals surface area contributed by atoms with Crippen LogP contribution in [-0.2, 0) is 0 Å². The highest BCUT2D eigenvalue weighted by atomic mass is 19.3. The summed E-state index contributed by atoms with van der Waals surface area (Å²) in [5.74, 6) is 4.40. The molecule has 0 aliphatic carbocycles. The molecule has 0 aromatic carbocycles. The summed E-state index contributed by atoms with van der Waals surface area (Å²) >= 11 is 0. The highest BCUT2D eigenvalue weighted by Gasteiger charge is 2.38. The summed E-state index contributed by atoms with van der Waals surface area (Å²) in [6, 6.07) is 1.68. The van der Waals surface area contributed by atoms with Crippen molar-refractivity contribution in [1.82, 2.24) is 15.2 Å². The van der Waals surface area contributed by atoms with Gasteiger partial charge in [0.05, 0.1) is 11.8 Å². The Hall–Kier alpha value is -2.46. The molecule has 2 aliphatic rings. The van der Waals surface area contributed by atoms with Crippen LogP contribution in [0.1, 0.15) is 22.5 Å². The fourth-order valence-corrected chi connectivity index (χ4v) is 3.48. The number of carbonyl (C=O) groups is 1. The average Bonchev–Trinajstić information content (AvgIpc) is 3.27. The van der Waals surface area contributed by atoms with E-state index in [9.17, 15) is 13.6 Å². The number of carbonyl (C=O) groups excluding carboxylic acids is 1. The van der Waals surface area contributed by atoms with Gasteiger partial charge in [0, 0.05) is 24.5 Å². The standard InChI is InChI=1S/C17H15F2N3O2/c18-16(19)2-1-11-9-24-15-6-20-13(5-12(11)15)17(23)21-14-8-22-4-3-10(14)7-22/h5-6,9-10,14,16H,3-4,7-8H2,(H,21,23)/t10-,14?/m0/s1. The van der Waals surface area contributed by atoms with Crippen LogP contribution in [0.25, 0.3) is 11.0 Å². The molecule has 2 aromatic heterocycles. The Labute approximate surface area is 137 Å². The van der Waals surface area contributed by atoms with E-state index in [2.05, 4.69) is 21.1 Å². The van der Waals surface area contributed by atoms with Crippen LogP contribution in [0, 0.1) is 17.8 Å². The van der Waals surface area contributed by atoms with E-state index >= 15 is 0 Å². The second kappa shape index (κ2) is 5.87. The third kappa shape index (κ3) is 2.74. The summed E-state index contributed by atoms with van der Waals surface area (Å²) in [5.41, 5.74) is 0.978. The summed E-state index contributed by atoms with van der Waals surface area (Å²) in [6.07, 6.45) is 1.11. The third-order valence-electron chi connectivity index (χ3n) is 4.66. The first kappa shape index (κ1) is 15.1. The van der Waals surface area contributed by atoms with Crippen molar-refractivity contribution >= 4 is 16.9 Å². The summed E-state index contributed by atoms with van der Waals surface area (Å²) < 4.78 is 29.7. The molecule has 2 aromatic rings. The maximum Gasteiger partial charge on any atom is 0.299 e. The number of nitrogens with one attached hydrogen (secondary N) is 1. The van der Waals surface area contributed by atoms with Crippen LogP contribution >= 0.6 is 0 Å². The van der Waals surface area contributed by atoms with E-state index in [4.69, 9.17) is 4.42 Å². The smallest absolute Gasteiger partial charge is 0.299 e. The number of pyridine rings is 1. The van der Waals surface area contributed by atoms with E-state index in [0.717, 1.165) is 26.1 Å². The molecule has 3 atom stereocenters. The van der Waals surface area contributed by atoms with E-state index in [0.29, 0.717) is 22.5 Å². The average molecular weight is 331 g/mol. The number of piperidine rings is 1. The van der Waals surface area contributed by atoms with Crippen LogP contribution in [-0.4, -0.2) is 47.9 Å². The molecule has 0 spiro atoms. The van der Waals surface area contributed by atoms with Crippen molar-refractivity contribution in [1.29, 1.82) is 0 Å². The lowest BCUT2D eigenvalue weighted by molar-refractivity contribution is 0.0919. The van der Waals surface area contributed by atoms with Crippen LogP contribution < -0.4 is 5.32 Å². The van der Waals surface area contributed by atoms with Crippen molar-refractivity contribution in [3.05, 3.63) is 29.8 Å². The first-order chi connectivity index (χ1) is 11.6. The molecule has 0 radical (unpaired) electrons. The van der Waals surface area contributed by atoms with Crippen molar-refractivity contribution in [2.45, 2.75) is 18.9 Å². The van der Waals surface area contributed by atoms with Gasteiger partial charge in [-0.15, -0.1) is 0 Å². The van der Waals surface area contributed by atoms with Crippen LogP contribution in [0.15, 0.2) is 22.9 Å². The van der Waals surface area contributed by atoms with Gasteiger partial charge in [-0.2, -0.15) is 8.78 Å². The predicted molar refractivity (Wildman–Crippen MR) is 82.7 cm³/mol. The number of nitrogens with zero attached hydrogens (tertiary/aromatic N) is 2. The van der Waals surface area contributed by atoms with Crippen molar-refractivity contribution in [2.24, 2.45) is 5.92 Å². The van der Waals surface area contributed by atoms with E-state index in [1.165, 1.54) is 18.5 Å². The van der Waals surface area contributed by atoms with Crippen LogP contribution in [0.2, 0.25) is 0 Å². The van der Waals surface area contributed by atoms with Gasteiger partial charge in [-0.25, -0.2) is 4.98 Å². The maximum atomic E-state index is 12.4. The van der Waals surface area contributed by atoms with Crippen molar-refractivity contribution in [3.63, 3.8) is 0 Å². The minimum atomic E-state index is -2.72.